The van der Waals surface area contributed by atoms with Crippen molar-refractivity contribution in [3.05, 3.63) is 103 Å². The molecule has 4 aromatic rings. The van der Waals surface area contributed by atoms with Gasteiger partial charge in [-0.25, -0.2) is 26.9 Å². The summed E-state index contributed by atoms with van der Waals surface area (Å²) in [4.78, 5) is 4.20. The van der Waals surface area contributed by atoms with E-state index in [-0.39, 0.29) is 10.6 Å². The van der Waals surface area contributed by atoms with Gasteiger partial charge in [0, 0.05) is 12.5 Å². The van der Waals surface area contributed by atoms with E-state index in [9.17, 15) is 17.2 Å². The highest BCUT2D eigenvalue weighted by atomic mass is 32.2. The molecule has 0 atom stereocenters. The smallest absolute Gasteiger partial charge is 0.281 e. The maximum atomic E-state index is 13.4. The molecule has 0 aliphatic carbocycles. The van der Waals surface area contributed by atoms with Crippen LogP contribution in [0.15, 0.2) is 90.6 Å². The van der Waals surface area contributed by atoms with Gasteiger partial charge in [-0.3, -0.25) is 0 Å². The van der Waals surface area contributed by atoms with Crippen molar-refractivity contribution in [1.29, 1.82) is 0 Å². The Labute approximate surface area is 214 Å². The minimum absolute atomic E-state index is 0.190. The third-order valence-corrected chi connectivity index (χ3v) is 6.86. The van der Waals surface area contributed by atoms with Crippen LogP contribution in [0, 0.1) is 6.92 Å². The average Bonchev–Trinajstić information content (AvgIpc) is 3.51. The number of nitrogens with zero attached hydrogens (tertiary/aromatic N) is 5. The Balaban J connectivity index is 1.98. The first-order valence-electron chi connectivity index (χ1n) is 11.3. The molecule has 0 bridgehead atoms. The van der Waals surface area contributed by atoms with Gasteiger partial charge in [0.1, 0.15) is 11.5 Å². The quantitative estimate of drug-likeness (QED) is 0.269. The van der Waals surface area contributed by atoms with E-state index in [1.807, 2.05) is 25.1 Å². The predicted molar refractivity (Wildman–Crippen MR) is 140 cm³/mol. The van der Waals surface area contributed by atoms with Crippen molar-refractivity contribution in [1.82, 2.24) is 24.5 Å². The number of allylic oxidation sites excluding steroid dienone is 5. The van der Waals surface area contributed by atoms with E-state index in [4.69, 9.17) is 0 Å². The molecule has 0 amide bonds. The largest absolute Gasteiger partial charge is 0.301 e. The van der Waals surface area contributed by atoms with Crippen molar-refractivity contribution in [2.24, 2.45) is 0 Å². The molecule has 0 saturated carbocycles. The number of rotatable bonds is 8. The lowest BCUT2D eigenvalue weighted by molar-refractivity contribution is 0.146. The number of aromatic nitrogens is 5. The first kappa shape index (κ1) is 25.9. The molecule has 0 radical (unpaired) electrons. The molecule has 0 aliphatic rings. The fourth-order valence-electron chi connectivity index (χ4n) is 3.94. The lowest BCUT2D eigenvalue weighted by Crippen LogP contribution is -2.08. The summed E-state index contributed by atoms with van der Waals surface area (Å²) in [5.74, 6) is 0.378. The summed E-state index contributed by atoms with van der Waals surface area (Å²) >= 11 is 0. The highest BCUT2D eigenvalue weighted by Gasteiger charge is 2.20. The number of halogens is 2. The summed E-state index contributed by atoms with van der Waals surface area (Å²) in [7, 11) is -3.41. The zero-order valence-electron chi connectivity index (χ0n) is 20.5. The molecular weight excluding hydrogens is 496 g/mol. The minimum Gasteiger partial charge on any atom is -0.301 e. The first-order valence-corrected chi connectivity index (χ1v) is 13.2. The van der Waals surface area contributed by atoms with E-state index in [1.54, 1.807) is 64.9 Å². The zero-order valence-corrected chi connectivity index (χ0v) is 21.3. The average molecular weight is 522 g/mol. The number of sulfone groups is 1. The van der Waals surface area contributed by atoms with E-state index in [1.165, 1.54) is 12.3 Å². The van der Waals surface area contributed by atoms with Crippen molar-refractivity contribution in [2.75, 3.05) is 6.26 Å². The van der Waals surface area contributed by atoms with E-state index >= 15 is 0 Å². The Morgan fingerprint density at radius 2 is 1.86 bits per heavy atom. The number of hydrogen-bond acceptors (Lipinski definition) is 5. The van der Waals surface area contributed by atoms with Crippen LogP contribution in [0.4, 0.5) is 8.78 Å². The van der Waals surface area contributed by atoms with E-state index in [0.29, 0.717) is 34.0 Å². The molecule has 2 aromatic carbocycles. The highest BCUT2D eigenvalue weighted by molar-refractivity contribution is 7.90. The van der Waals surface area contributed by atoms with Crippen molar-refractivity contribution in [3.63, 3.8) is 0 Å². The van der Waals surface area contributed by atoms with E-state index in [2.05, 4.69) is 21.9 Å². The van der Waals surface area contributed by atoms with Gasteiger partial charge in [-0.05, 0) is 54.8 Å². The van der Waals surface area contributed by atoms with Crippen molar-refractivity contribution in [2.45, 2.75) is 25.2 Å². The van der Waals surface area contributed by atoms with E-state index < -0.39 is 16.3 Å². The minimum atomic E-state index is -3.41. The molecule has 0 fully saturated rings. The molecule has 2 aromatic heterocycles. The van der Waals surface area contributed by atoms with Gasteiger partial charge in [-0.1, -0.05) is 54.3 Å². The van der Waals surface area contributed by atoms with Crippen LogP contribution in [0.1, 0.15) is 30.6 Å². The number of aryl methyl sites for hydroxylation is 1. The lowest BCUT2D eigenvalue weighted by Gasteiger charge is -2.16. The number of hydrogen-bond donors (Lipinski definition) is 0. The van der Waals surface area contributed by atoms with Crippen LogP contribution in [0.25, 0.3) is 28.1 Å². The highest BCUT2D eigenvalue weighted by Crippen LogP contribution is 2.32. The van der Waals surface area contributed by atoms with Gasteiger partial charge in [0.15, 0.2) is 9.84 Å². The number of alkyl halides is 2. The summed E-state index contributed by atoms with van der Waals surface area (Å²) in [5, 5.41) is 8.40. The Kier molecular flexibility index (Phi) is 7.30. The van der Waals surface area contributed by atoms with Crippen LogP contribution in [0.3, 0.4) is 0 Å². The molecule has 0 spiro atoms. The van der Waals surface area contributed by atoms with Gasteiger partial charge in [0.2, 0.25) is 0 Å². The molecule has 2 heterocycles. The summed E-state index contributed by atoms with van der Waals surface area (Å²) in [6, 6.07) is 12.0. The standard InChI is InChI=1S/C27H25F2N5O2S/c1-5-7-9-19(6-2)26-16-30-32-34(26)25-15-21(20-10-8-11-22(14-20)37(4,35)36)12-13-24(25)33-17-23(27(28)29)31-18(33)3/h5-17,27H,1H2,2-4H3/b9-7-,19-6+. The fraction of sp³-hybridized carbons (Fsp3) is 0.148. The third kappa shape index (κ3) is 5.34. The van der Waals surface area contributed by atoms with Crippen LogP contribution in [0.5, 0.6) is 0 Å². The van der Waals surface area contributed by atoms with Gasteiger partial charge >= 0.3 is 0 Å². The topological polar surface area (TPSA) is 82.7 Å². The van der Waals surface area contributed by atoms with Gasteiger partial charge in [0.05, 0.1) is 28.2 Å². The molecule has 0 N–H and O–H groups in total. The molecule has 4 rings (SSSR count). The van der Waals surface area contributed by atoms with Gasteiger partial charge < -0.3 is 4.57 Å². The first-order chi connectivity index (χ1) is 17.6. The molecule has 0 unspecified atom stereocenters. The SMILES string of the molecule is C=C/C=C\C(=C/C)c1cnnn1-c1cc(-c2cccc(S(C)(=O)=O)c2)ccc1-n1cc(C(F)F)nc1C. The maximum Gasteiger partial charge on any atom is 0.281 e. The fourth-order valence-corrected chi connectivity index (χ4v) is 4.60. The Hall–Kier alpha value is -4.18. The molecular formula is C27H25F2N5O2S. The maximum absolute atomic E-state index is 13.4. The second-order valence-corrected chi connectivity index (χ2v) is 10.3. The molecule has 10 heteroatoms. The van der Waals surface area contributed by atoms with E-state index in [0.717, 1.165) is 11.8 Å². The lowest BCUT2D eigenvalue weighted by atomic mass is 10.0. The van der Waals surface area contributed by atoms with Crippen LogP contribution in [-0.4, -0.2) is 39.2 Å². The molecule has 0 saturated heterocycles. The Morgan fingerprint density at radius 3 is 2.51 bits per heavy atom. The summed E-state index contributed by atoms with van der Waals surface area (Å²) in [6.07, 6.45) is 8.53. The van der Waals surface area contributed by atoms with Crippen LogP contribution in [-0.2, 0) is 9.84 Å². The number of imidazole rings is 1. The summed E-state index contributed by atoms with van der Waals surface area (Å²) in [5.41, 5.74) is 3.62. The van der Waals surface area contributed by atoms with Gasteiger partial charge in [-0.15, -0.1) is 5.10 Å². The van der Waals surface area contributed by atoms with Gasteiger partial charge in [0.25, 0.3) is 6.43 Å². The molecule has 37 heavy (non-hydrogen) atoms. The second kappa shape index (κ2) is 10.4. The van der Waals surface area contributed by atoms with Crippen LogP contribution in [0.2, 0.25) is 0 Å². The van der Waals surface area contributed by atoms with Crippen molar-refractivity contribution in [3.8, 4) is 22.5 Å². The normalized spacial score (nSPS) is 12.5. The third-order valence-electron chi connectivity index (χ3n) is 5.75. The van der Waals surface area contributed by atoms with Crippen LogP contribution >= 0.6 is 0 Å². The molecule has 0 aliphatic heterocycles. The predicted octanol–water partition coefficient (Wildman–Crippen LogP) is 5.92. The monoisotopic (exact) mass is 521 g/mol. The second-order valence-electron chi connectivity index (χ2n) is 8.26. The summed E-state index contributed by atoms with van der Waals surface area (Å²) < 4.78 is 54.3. The van der Waals surface area contributed by atoms with Crippen LogP contribution < -0.4 is 0 Å². The van der Waals surface area contributed by atoms with Crippen molar-refractivity contribution < 1.29 is 17.2 Å². The van der Waals surface area contributed by atoms with Gasteiger partial charge in [-0.2, -0.15) is 0 Å². The summed E-state index contributed by atoms with van der Waals surface area (Å²) in [6.45, 7) is 7.23. The van der Waals surface area contributed by atoms with Crippen molar-refractivity contribution >= 4 is 15.4 Å². The molecule has 190 valence electrons. The Morgan fingerprint density at radius 1 is 1.11 bits per heavy atom. The number of benzene rings is 2. The zero-order chi connectivity index (χ0) is 26.7. The Bertz CT molecular complexity index is 1630. The molecule has 7 nitrogen and oxygen atoms in total.